The van der Waals surface area contributed by atoms with Gasteiger partial charge in [-0.15, -0.1) is 12.4 Å². The molecular weight excluding hydrogens is 196 g/mol. The van der Waals surface area contributed by atoms with E-state index in [1.54, 1.807) is 0 Å². The molecule has 0 fully saturated rings. The predicted molar refractivity (Wildman–Crippen MR) is 48.9 cm³/mol. The Hall–Kier alpha value is -0.670. The van der Waals surface area contributed by atoms with Crippen molar-refractivity contribution in [2.24, 2.45) is 5.73 Å². The molecule has 0 saturated carbocycles. The first-order valence-corrected chi connectivity index (χ1v) is 3.92. The van der Waals surface area contributed by atoms with Crippen molar-refractivity contribution in [3.8, 4) is 0 Å². The van der Waals surface area contributed by atoms with Crippen LogP contribution in [0.25, 0.3) is 0 Å². The maximum Gasteiger partial charge on any atom is 0.128 e. The number of halogens is 3. The summed E-state index contributed by atoms with van der Waals surface area (Å²) in [6.07, 6.45) is 1.20. The van der Waals surface area contributed by atoms with E-state index in [2.05, 4.69) is 0 Å². The summed E-state index contributed by atoms with van der Waals surface area (Å²) in [7, 11) is 0. The van der Waals surface area contributed by atoms with Gasteiger partial charge in [-0.25, -0.2) is 8.78 Å². The van der Waals surface area contributed by atoms with E-state index in [0.717, 1.165) is 12.1 Å². The van der Waals surface area contributed by atoms with Gasteiger partial charge in [0.25, 0.3) is 0 Å². The molecule has 2 rings (SSSR count). The average molecular weight is 206 g/mol. The van der Waals surface area contributed by atoms with Gasteiger partial charge in [0, 0.05) is 11.6 Å². The van der Waals surface area contributed by atoms with Crippen molar-refractivity contribution in [1.82, 2.24) is 0 Å². The third kappa shape index (κ3) is 1.54. The van der Waals surface area contributed by atoms with Gasteiger partial charge in [-0.3, -0.25) is 0 Å². The van der Waals surface area contributed by atoms with Gasteiger partial charge in [0.1, 0.15) is 11.6 Å². The maximum atomic E-state index is 13.1. The Bertz CT molecular complexity index is 328. The number of rotatable bonds is 0. The molecule has 0 bridgehead atoms. The zero-order valence-corrected chi connectivity index (χ0v) is 7.70. The fourth-order valence-electron chi connectivity index (χ4n) is 1.71. The number of nitrogens with two attached hydrogens (primary N) is 1. The van der Waals surface area contributed by atoms with E-state index in [1.165, 1.54) is 0 Å². The van der Waals surface area contributed by atoms with E-state index < -0.39 is 0 Å². The summed E-state index contributed by atoms with van der Waals surface area (Å²) in [5.74, 6) is -0.712. The van der Waals surface area contributed by atoms with Gasteiger partial charge in [0.15, 0.2) is 0 Å². The monoisotopic (exact) mass is 205 g/mol. The Morgan fingerprint density at radius 1 is 1.23 bits per heavy atom. The molecule has 72 valence electrons. The Labute approximate surface area is 81.3 Å². The summed E-state index contributed by atoms with van der Waals surface area (Å²) >= 11 is 0. The molecule has 2 N–H and O–H groups in total. The normalized spacial score (nSPS) is 19.5. The third-order valence-corrected chi connectivity index (χ3v) is 2.32. The molecule has 1 atom stereocenters. The minimum Gasteiger partial charge on any atom is -0.324 e. The molecular formula is C9H10ClF2N. The first kappa shape index (κ1) is 10.4. The molecule has 0 aromatic heterocycles. The largest absolute Gasteiger partial charge is 0.324 e. The van der Waals surface area contributed by atoms with Crippen LogP contribution in [-0.2, 0) is 6.42 Å². The van der Waals surface area contributed by atoms with Crippen LogP contribution in [0.2, 0.25) is 0 Å². The van der Waals surface area contributed by atoms with Crippen LogP contribution in [0, 0.1) is 11.6 Å². The molecule has 1 aliphatic rings. The van der Waals surface area contributed by atoms with Gasteiger partial charge in [0.2, 0.25) is 0 Å². The predicted octanol–water partition coefficient (Wildman–Crippen LogP) is 2.33. The number of hydrogen-bond donors (Lipinski definition) is 1. The molecule has 0 saturated heterocycles. The Balaban J connectivity index is 0.000000845. The summed E-state index contributed by atoms with van der Waals surface area (Å²) < 4.78 is 26.1. The van der Waals surface area contributed by atoms with Crippen molar-refractivity contribution in [1.29, 1.82) is 0 Å². The van der Waals surface area contributed by atoms with E-state index in [9.17, 15) is 8.78 Å². The van der Waals surface area contributed by atoms with Crippen LogP contribution in [0.3, 0.4) is 0 Å². The highest BCUT2D eigenvalue weighted by Gasteiger charge is 2.25. The van der Waals surface area contributed by atoms with Crippen molar-refractivity contribution < 1.29 is 8.78 Å². The molecule has 0 radical (unpaired) electrons. The molecule has 1 aliphatic carbocycles. The highest BCUT2D eigenvalue weighted by Crippen LogP contribution is 2.32. The van der Waals surface area contributed by atoms with E-state index in [1.807, 2.05) is 0 Å². The zero-order chi connectivity index (χ0) is 8.72. The lowest BCUT2D eigenvalue weighted by atomic mass is 10.1. The lowest BCUT2D eigenvalue weighted by molar-refractivity contribution is 0.574. The second-order valence-electron chi connectivity index (χ2n) is 3.07. The van der Waals surface area contributed by atoms with Crippen molar-refractivity contribution in [2.45, 2.75) is 18.9 Å². The summed E-state index contributed by atoms with van der Waals surface area (Å²) in [5.41, 5.74) is 6.44. The summed E-state index contributed by atoms with van der Waals surface area (Å²) in [5, 5.41) is 0. The third-order valence-electron chi connectivity index (χ3n) is 2.32. The highest BCUT2D eigenvalue weighted by atomic mass is 35.5. The van der Waals surface area contributed by atoms with Gasteiger partial charge in [-0.05, 0) is 30.5 Å². The van der Waals surface area contributed by atoms with Crippen LogP contribution in [0.4, 0.5) is 8.78 Å². The van der Waals surface area contributed by atoms with Crippen LogP contribution < -0.4 is 5.73 Å². The highest BCUT2D eigenvalue weighted by molar-refractivity contribution is 5.85. The smallest absolute Gasteiger partial charge is 0.128 e. The van der Waals surface area contributed by atoms with Crippen molar-refractivity contribution >= 4 is 12.4 Å². The van der Waals surface area contributed by atoms with Crippen molar-refractivity contribution in [3.05, 3.63) is 34.9 Å². The summed E-state index contributed by atoms with van der Waals surface area (Å²) in [6, 6.07) is 1.97. The molecule has 4 heteroatoms. The topological polar surface area (TPSA) is 26.0 Å². The minimum atomic E-state index is -0.378. The zero-order valence-electron chi connectivity index (χ0n) is 6.89. The molecule has 0 unspecified atom stereocenters. The lowest BCUT2D eigenvalue weighted by Gasteiger charge is -2.05. The first-order chi connectivity index (χ1) is 5.70. The van der Waals surface area contributed by atoms with E-state index in [0.29, 0.717) is 24.0 Å². The van der Waals surface area contributed by atoms with Crippen LogP contribution in [-0.4, -0.2) is 0 Å². The van der Waals surface area contributed by atoms with E-state index in [4.69, 9.17) is 5.73 Å². The standard InChI is InChI=1S/C9H9F2N.ClH/c10-6-2-3-7(11)9-5(6)1-4-8(9)12;/h2-3,8H,1,4,12H2;1H/t8-;/m0./s1. The minimum absolute atomic E-state index is 0. The summed E-state index contributed by atoms with van der Waals surface area (Å²) in [6.45, 7) is 0. The Kier molecular flexibility index (Phi) is 2.88. The van der Waals surface area contributed by atoms with Crippen molar-refractivity contribution in [3.63, 3.8) is 0 Å². The second kappa shape index (κ2) is 3.60. The fourth-order valence-corrected chi connectivity index (χ4v) is 1.71. The Morgan fingerprint density at radius 2 is 1.85 bits per heavy atom. The molecule has 1 aromatic rings. The molecule has 0 aliphatic heterocycles. The van der Waals surface area contributed by atoms with Gasteiger partial charge in [-0.1, -0.05) is 0 Å². The van der Waals surface area contributed by atoms with Crippen LogP contribution in [0.5, 0.6) is 0 Å². The molecule has 0 amide bonds. The number of benzene rings is 1. The van der Waals surface area contributed by atoms with Gasteiger partial charge >= 0.3 is 0 Å². The van der Waals surface area contributed by atoms with Gasteiger partial charge in [-0.2, -0.15) is 0 Å². The molecule has 13 heavy (non-hydrogen) atoms. The quantitative estimate of drug-likeness (QED) is 0.691. The number of fused-ring (bicyclic) bond motifs is 1. The van der Waals surface area contributed by atoms with Crippen molar-refractivity contribution in [2.75, 3.05) is 0 Å². The lowest BCUT2D eigenvalue weighted by Crippen LogP contribution is -2.07. The van der Waals surface area contributed by atoms with Crippen LogP contribution in [0.1, 0.15) is 23.6 Å². The SMILES string of the molecule is Cl.N[C@H]1CCc2c(F)ccc(F)c21. The van der Waals surface area contributed by atoms with E-state index >= 15 is 0 Å². The van der Waals surface area contributed by atoms with Crippen LogP contribution >= 0.6 is 12.4 Å². The molecule has 1 aromatic carbocycles. The maximum absolute atomic E-state index is 13.1. The van der Waals surface area contributed by atoms with E-state index in [-0.39, 0.29) is 30.1 Å². The Morgan fingerprint density at radius 3 is 2.46 bits per heavy atom. The molecule has 0 heterocycles. The average Bonchev–Trinajstić information content (AvgIpc) is 2.42. The molecule has 0 spiro atoms. The van der Waals surface area contributed by atoms with Crippen LogP contribution in [0.15, 0.2) is 12.1 Å². The molecule has 1 nitrogen and oxygen atoms in total. The van der Waals surface area contributed by atoms with Gasteiger partial charge in [0.05, 0.1) is 0 Å². The van der Waals surface area contributed by atoms with Gasteiger partial charge < -0.3 is 5.73 Å². The fraction of sp³-hybridized carbons (Fsp3) is 0.333. The summed E-state index contributed by atoms with van der Waals surface area (Å²) in [4.78, 5) is 0. The second-order valence-corrected chi connectivity index (χ2v) is 3.07. The number of hydrogen-bond acceptors (Lipinski definition) is 1. The first-order valence-electron chi connectivity index (χ1n) is 3.92.